The number of piperazine rings is 1. The Morgan fingerprint density at radius 2 is 2.44 bits per heavy atom. The Morgan fingerprint density at radius 3 is 3.12 bits per heavy atom. The van der Waals surface area contributed by atoms with Crippen LogP contribution < -0.4 is 5.32 Å². The third-order valence-electron chi connectivity index (χ3n) is 3.05. The lowest BCUT2D eigenvalue weighted by Crippen LogP contribution is -2.51. The van der Waals surface area contributed by atoms with Crippen molar-refractivity contribution < 1.29 is 4.79 Å². The number of carbonyl (C=O) groups is 1. The molecular weight excluding hydrogens is 202 g/mol. The normalized spacial score (nSPS) is 21.1. The second kappa shape index (κ2) is 4.70. The van der Waals surface area contributed by atoms with Gasteiger partial charge < -0.3 is 14.8 Å². The molecule has 0 saturated carbocycles. The standard InChI is InChI=1S/C12H19N3O/c1-3-14-7-4-5-11(14)12(16)15-8-6-13-10(2)9-15/h4-5,7,10,13H,3,6,8-9H2,1-2H3/t10-/m1/s1. The quantitative estimate of drug-likeness (QED) is 0.807. The van der Waals surface area contributed by atoms with Gasteiger partial charge >= 0.3 is 0 Å². The van der Waals surface area contributed by atoms with Crippen molar-refractivity contribution in [3.8, 4) is 0 Å². The molecule has 2 rings (SSSR count). The molecule has 1 aromatic rings. The van der Waals surface area contributed by atoms with Crippen molar-refractivity contribution >= 4 is 5.91 Å². The van der Waals surface area contributed by atoms with Crippen LogP contribution in [0, 0.1) is 0 Å². The van der Waals surface area contributed by atoms with Gasteiger partial charge in [0.2, 0.25) is 0 Å². The minimum absolute atomic E-state index is 0.153. The highest BCUT2D eigenvalue weighted by Gasteiger charge is 2.23. The van der Waals surface area contributed by atoms with Gasteiger partial charge in [-0.25, -0.2) is 0 Å². The number of hydrogen-bond donors (Lipinski definition) is 1. The first-order valence-corrected chi connectivity index (χ1v) is 5.90. The van der Waals surface area contributed by atoms with Gasteiger partial charge in [0.25, 0.3) is 5.91 Å². The number of carbonyl (C=O) groups excluding carboxylic acids is 1. The molecule has 1 fully saturated rings. The number of nitrogens with zero attached hydrogens (tertiary/aromatic N) is 2. The lowest BCUT2D eigenvalue weighted by molar-refractivity contribution is 0.0698. The maximum Gasteiger partial charge on any atom is 0.270 e. The largest absolute Gasteiger partial charge is 0.344 e. The highest BCUT2D eigenvalue weighted by molar-refractivity contribution is 5.92. The molecule has 0 radical (unpaired) electrons. The summed E-state index contributed by atoms with van der Waals surface area (Å²) < 4.78 is 2.00. The topological polar surface area (TPSA) is 37.3 Å². The van der Waals surface area contributed by atoms with Crippen molar-refractivity contribution in [2.45, 2.75) is 26.4 Å². The molecule has 1 saturated heterocycles. The van der Waals surface area contributed by atoms with E-state index in [4.69, 9.17) is 0 Å². The fourth-order valence-electron chi connectivity index (χ4n) is 2.16. The molecule has 0 aromatic carbocycles. The molecule has 16 heavy (non-hydrogen) atoms. The molecule has 1 aliphatic heterocycles. The lowest BCUT2D eigenvalue weighted by atomic mass is 10.2. The summed E-state index contributed by atoms with van der Waals surface area (Å²) in [6.07, 6.45) is 1.96. The van der Waals surface area contributed by atoms with Gasteiger partial charge in [-0.15, -0.1) is 0 Å². The van der Waals surface area contributed by atoms with Gasteiger partial charge in [0, 0.05) is 38.4 Å². The molecule has 1 aliphatic rings. The second-order valence-electron chi connectivity index (χ2n) is 4.29. The van der Waals surface area contributed by atoms with Crippen molar-refractivity contribution in [2.75, 3.05) is 19.6 Å². The van der Waals surface area contributed by atoms with Gasteiger partial charge in [-0.3, -0.25) is 4.79 Å². The summed E-state index contributed by atoms with van der Waals surface area (Å²) in [5.74, 6) is 0.153. The monoisotopic (exact) mass is 221 g/mol. The number of aryl methyl sites for hydroxylation is 1. The van der Waals surface area contributed by atoms with E-state index in [1.54, 1.807) is 0 Å². The lowest BCUT2D eigenvalue weighted by Gasteiger charge is -2.32. The fraction of sp³-hybridized carbons (Fsp3) is 0.583. The molecule has 0 unspecified atom stereocenters. The number of rotatable bonds is 2. The third kappa shape index (κ3) is 2.11. The SMILES string of the molecule is CCn1cccc1C(=O)N1CCN[C@H](C)C1. The summed E-state index contributed by atoms with van der Waals surface area (Å²) in [5.41, 5.74) is 0.802. The molecule has 0 aliphatic carbocycles. The molecule has 1 N–H and O–H groups in total. The van der Waals surface area contributed by atoms with Gasteiger partial charge in [-0.2, -0.15) is 0 Å². The maximum absolute atomic E-state index is 12.3. The Balaban J connectivity index is 2.12. The first-order valence-electron chi connectivity index (χ1n) is 5.90. The highest BCUT2D eigenvalue weighted by atomic mass is 16.2. The van der Waals surface area contributed by atoms with E-state index in [1.807, 2.05) is 27.8 Å². The minimum atomic E-state index is 0.153. The summed E-state index contributed by atoms with van der Waals surface area (Å²) in [6, 6.07) is 4.23. The van der Waals surface area contributed by atoms with Gasteiger partial charge in [0.1, 0.15) is 5.69 Å². The van der Waals surface area contributed by atoms with E-state index in [1.165, 1.54) is 0 Å². The predicted molar refractivity (Wildman–Crippen MR) is 63.5 cm³/mol. The van der Waals surface area contributed by atoms with Crippen LogP contribution in [0.4, 0.5) is 0 Å². The van der Waals surface area contributed by atoms with Gasteiger partial charge in [-0.1, -0.05) is 0 Å². The van der Waals surface area contributed by atoms with E-state index in [9.17, 15) is 4.79 Å². The van der Waals surface area contributed by atoms with Crippen LogP contribution in [0.25, 0.3) is 0 Å². The molecule has 4 nitrogen and oxygen atoms in total. The summed E-state index contributed by atoms with van der Waals surface area (Å²) in [7, 11) is 0. The van der Waals surface area contributed by atoms with Crippen molar-refractivity contribution in [2.24, 2.45) is 0 Å². The minimum Gasteiger partial charge on any atom is -0.344 e. The van der Waals surface area contributed by atoms with Crippen LogP contribution in [0.3, 0.4) is 0 Å². The zero-order valence-electron chi connectivity index (χ0n) is 9.94. The Morgan fingerprint density at radius 1 is 1.62 bits per heavy atom. The third-order valence-corrected chi connectivity index (χ3v) is 3.05. The van der Waals surface area contributed by atoms with Gasteiger partial charge in [-0.05, 0) is 26.0 Å². The number of hydrogen-bond acceptors (Lipinski definition) is 2. The van der Waals surface area contributed by atoms with Crippen molar-refractivity contribution in [3.05, 3.63) is 24.0 Å². The number of aromatic nitrogens is 1. The average molecular weight is 221 g/mol. The highest BCUT2D eigenvalue weighted by Crippen LogP contribution is 2.09. The predicted octanol–water partition coefficient (Wildman–Crippen LogP) is 0.942. The molecule has 1 atom stereocenters. The Labute approximate surface area is 96.2 Å². The molecule has 2 heterocycles. The van der Waals surface area contributed by atoms with Crippen molar-refractivity contribution in [1.82, 2.24) is 14.8 Å². The van der Waals surface area contributed by atoms with E-state index in [2.05, 4.69) is 19.2 Å². The molecule has 88 valence electrons. The first kappa shape index (κ1) is 11.2. The van der Waals surface area contributed by atoms with Gasteiger partial charge in [0.05, 0.1) is 0 Å². The number of nitrogens with one attached hydrogen (secondary N) is 1. The number of amides is 1. The fourth-order valence-corrected chi connectivity index (χ4v) is 2.16. The van der Waals surface area contributed by atoms with E-state index in [0.717, 1.165) is 31.9 Å². The molecule has 1 aromatic heterocycles. The van der Waals surface area contributed by atoms with Crippen LogP contribution in [-0.4, -0.2) is 41.1 Å². The van der Waals surface area contributed by atoms with Crippen LogP contribution in [0.1, 0.15) is 24.3 Å². The van der Waals surface area contributed by atoms with Crippen LogP contribution in [0.15, 0.2) is 18.3 Å². The summed E-state index contributed by atoms with van der Waals surface area (Å²) in [6.45, 7) is 7.50. The van der Waals surface area contributed by atoms with Crippen LogP contribution in [-0.2, 0) is 6.54 Å². The summed E-state index contributed by atoms with van der Waals surface area (Å²) >= 11 is 0. The molecule has 4 heteroatoms. The second-order valence-corrected chi connectivity index (χ2v) is 4.29. The van der Waals surface area contributed by atoms with E-state index < -0.39 is 0 Å². The average Bonchev–Trinajstić information content (AvgIpc) is 2.76. The Kier molecular flexibility index (Phi) is 3.29. The van der Waals surface area contributed by atoms with E-state index in [0.29, 0.717) is 6.04 Å². The maximum atomic E-state index is 12.3. The van der Waals surface area contributed by atoms with Crippen LogP contribution in [0.5, 0.6) is 0 Å². The van der Waals surface area contributed by atoms with E-state index >= 15 is 0 Å². The smallest absolute Gasteiger partial charge is 0.270 e. The first-order chi connectivity index (χ1) is 7.72. The van der Waals surface area contributed by atoms with Crippen LogP contribution >= 0.6 is 0 Å². The van der Waals surface area contributed by atoms with Gasteiger partial charge in [0.15, 0.2) is 0 Å². The van der Waals surface area contributed by atoms with Crippen molar-refractivity contribution in [3.63, 3.8) is 0 Å². The van der Waals surface area contributed by atoms with Crippen LogP contribution in [0.2, 0.25) is 0 Å². The van der Waals surface area contributed by atoms with E-state index in [-0.39, 0.29) is 5.91 Å². The zero-order valence-corrected chi connectivity index (χ0v) is 9.94. The zero-order chi connectivity index (χ0) is 11.5. The Bertz CT molecular complexity index is 372. The summed E-state index contributed by atoms with van der Waals surface area (Å²) in [5, 5.41) is 3.34. The summed E-state index contributed by atoms with van der Waals surface area (Å²) in [4.78, 5) is 14.2. The molecule has 1 amide bonds. The molecule has 0 bridgehead atoms. The van der Waals surface area contributed by atoms with Crippen molar-refractivity contribution in [1.29, 1.82) is 0 Å². The molecule has 0 spiro atoms. The Hall–Kier alpha value is -1.29. The molecular formula is C12H19N3O.